The predicted octanol–water partition coefficient (Wildman–Crippen LogP) is 3.93. The van der Waals surface area contributed by atoms with Crippen LogP contribution in [0.5, 0.6) is 0 Å². The molecule has 1 rings (SSSR count). The molecular formula is C24H35N2O8P. The molecule has 0 bridgehead atoms. The van der Waals surface area contributed by atoms with Crippen molar-refractivity contribution in [2.45, 2.75) is 45.9 Å². The van der Waals surface area contributed by atoms with Crippen molar-refractivity contribution in [2.75, 3.05) is 19.5 Å². The number of ether oxygens (including phenoxy) is 3. The largest absolute Gasteiger partial charge is 0.459 e. The molecule has 0 spiro atoms. The van der Waals surface area contributed by atoms with Crippen LogP contribution in [0.4, 0.5) is 4.79 Å². The van der Waals surface area contributed by atoms with Gasteiger partial charge in [0.05, 0.1) is 6.61 Å². The van der Waals surface area contributed by atoms with Crippen LogP contribution in [0.25, 0.3) is 0 Å². The molecule has 10 nitrogen and oxygen atoms in total. The number of carbonyl (C=O) groups excluding carboxylic acids is 3. The average Bonchev–Trinajstić information content (AvgIpc) is 2.83. The minimum atomic E-state index is -3.80. The van der Waals surface area contributed by atoms with Crippen molar-refractivity contribution < 1.29 is 37.7 Å². The lowest BCUT2D eigenvalue weighted by Crippen LogP contribution is -2.42. The monoisotopic (exact) mass is 510 g/mol. The van der Waals surface area contributed by atoms with E-state index in [4.69, 9.17) is 18.7 Å². The Kier molecular flexibility index (Phi) is 13.6. The van der Waals surface area contributed by atoms with Crippen molar-refractivity contribution in [1.29, 1.82) is 0 Å². The molecular weight excluding hydrogens is 475 g/mol. The summed E-state index contributed by atoms with van der Waals surface area (Å²) in [4.78, 5) is 36.9. The first-order valence-corrected chi connectivity index (χ1v) is 13.0. The fourth-order valence-corrected chi connectivity index (χ4v) is 4.34. The zero-order valence-electron chi connectivity index (χ0n) is 20.4. The van der Waals surface area contributed by atoms with E-state index in [-0.39, 0.29) is 32.2 Å². The number of hydrogen-bond acceptors (Lipinski definition) is 8. The fraction of sp³-hybridized carbons (Fsp3) is 0.458. The smallest absolute Gasteiger partial charge is 0.407 e. The molecule has 1 aromatic carbocycles. The van der Waals surface area contributed by atoms with E-state index in [1.165, 1.54) is 19.1 Å². The number of esters is 2. The second-order valence-electron chi connectivity index (χ2n) is 7.96. The van der Waals surface area contributed by atoms with E-state index in [1.807, 2.05) is 32.0 Å². The van der Waals surface area contributed by atoms with Gasteiger partial charge >= 0.3 is 18.0 Å². The first-order valence-electron chi connectivity index (χ1n) is 11.1. The summed E-state index contributed by atoms with van der Waals surface area (Å²) >= 11 is 0. The average molecular weight is 511 g/mol. The maximum atomic E-state index is 13.4. The van der Waals surface area contributed by atoms with Gasteiger partial charge in [-0.15, -0.1) is 6.58 Å². The summed E-state index contributed by atoms with van der Waals surface area (Å²) < 4.78 is 34.1. The number of alkyl carbamates (subject to hydrolysis) is 1. The van der Waals surface area contributed by atoms with Gasteiger partial charge in [0.2, 0.25) is 0 Å². The van der Waals surface area contributed by atoms with Gasteiger partial charge in [0.1, 0.15) is 25.5 Å². The van der Waals surface area contributed by atoms with Gasteiger partial charge in [-0.2, -0.15) is 0 Å². The normalized spacial score (nSPS) is 14.2. The zero-order chi connectivity index (χ0) is 26.3. The molecule has 0 aliphatic rings. The van der Waals surface area contributed by atoms with Crippen LogP contribution in [0.2, 0.25) is 0 Å². The molecule has 0 aliphatic heterocycles. The highest BCUT2D eigenvalue weighted by Crippen LogP contribution is 2.42. The minimum absolute atomic E-state index is 0.000255. The highest BCUT2D eigenvalue weighted by molar-refractivity contribution is 7.56. The Morgan fingerprint density at radius 3 is 2.26 bits per heavy atom. The van der Waals surface area contributed by atoms with Crippen LogP contribution in [0.3, 0.4) is 0 Å². The molecule has 2 N–H and O–H groups in total. The number of hydrogen-bond donors (Lipinski definition) is 2. The molecule has 0 aromatic heterocycles. The molecule has 0 heterocycles. The van der Waals surface area contributed by atoms with E-state index in [0.717, 1.165) is 5.56 Å². The third-order valence-electron chi connectivity index (χ3n) is 4.36. The van der Waals surface area contributed by atoms with Crippen molar-refractivity contribution in [3.8, 4) is 0 Å². The Balaban J connectivity index is 2.83. The Hall–Kier alpha value is -2.94. The third-order valence-corrected chi connectivity index (χ3v) is 6.20. The maximum Gasteiger partial charge on any atom is 0.407 e. The molecule has 0 fully saturated rings. The van der Waals surface area contributed by atoms with E-state index in [9.17, 15) is 18.9 Å². The van der Waals surface area contributed by atoms with Gasteiger partial charge < -0.3 is 24.1 Å². The topological polar surface area (TPSA) is 129 Å². The fourth-order valence-electron chi connectivity index (χ4n) is 2.72. The standard InChI is InChI=1S/C24H35N2O8P/c1-6-13-31-22(27)19(5)34-23(28)21(15-18(3)4)26-35(30,33-14-7-2)17-25-24(29)32-16-20-11-9-8-10-12-20/h6-12,18-19,21H,1-2,13-17H2,3-5H3,(H,25,29)(H,26,30)/t19-,21-,35?/m0/s1. The van der Waals surface area contributed by atoms with Crippen LogP contribution < -0.4 is 10.4 Å². The van der Waals surface area contributed by atoms with Crippen LogP contribution in [-0.4, -0.2) is 49.7 Å². The van der Waals surface area contributed by atoms with Gasteiger partial charge in [-0.1, -0.05) is 62.9 Å². The van der Waals surface area contributed by atoms with Crippen molar-refractivity contribution >= 4 is 25.6 Å². The lowest BCUT2D eigenvalue weighted by molar-refractivity contribution is -0.167. The molecule has 194 valence electrons. The molecule has 1 aromatic rings. The number of rotatable bonds is 16. The molecule has 0 radical (unpaired) electrons. The lowest BCUT2D eigenvalue weighted by Gasteiger charge is -2.26. The minimum Gasteiger partial charge on any atom is -0.459 e. The molecule has 0 saturated heterocycles. The van der Waals surface area contributed by atoms with Crippen molar-refractivity contribution in [2.24, 2.45) is 5.92 Å². The van der Waals surface area contributed by atoms with Crippen LogP contribution in [0.15, 0.2) is 55.6 Å². The van der Waals surface area contributed by atoms with Crippen LogP contribution >= 0.6 is 7.52 Å². The van der Waals surface area contributed by atoms with Gasteiger partial charge in [0.15, 0.2) is 6.10 Å². The summed E-state index contributed by atoms with van der Waals surface area (Å²) in [7, 11) is -3.80. The lowest BCUT2D eigenvalue weighted by atomic mass is 10.0. The van der Waals surface area contributed by atoms with Crippen LogP contribution in [-0.2, 0) is 39.5 Å². The second-order valence-corrected chi connectivity index (χ2v) is 10.1. The molecule has 1 unspecified atom stereocenters. The van der Waals surface area contributed by atoms with E-state index in [0.29, 0.717) is 0 Å². The number of benzene rings is 1. The van der Waals surface area contributed by atoms with Gasteiger partial charge in [-0.3, -0.25) is 9.36 Å². The first kappa shape index (κ1) is 30.1. The Labute approximate surface area is 206 Å². The van der Waals surface area contributed by atoms with Crippen molar-refractivity contribution in [1.82, 2.24) is 10.4 Å². The summed E-state index contributed by atoms with van der Waals surface area (Å²) in [5.74, 6) is -1.55. The number of carbonyl (C=O) groups is 3. The quantitative estimate of drug-likeness (QED) is 0.147. The molecule has 35 heavy (non-hydrogen) atoms. The molecule has 3 atom stereocenters. The summed E-state index contributed by atoms with van der Waals surface area (Å²) in [5, 5.41) is 5.09. The van der Waals surface area contributed by atoms with E-state index >= 15 is 0 Å². The SMILES string of the molecule is C=CCOC(=O)[C@H](C)OC(=O)[C@H](CC(C)C)NP(=O)(CNC(=O)OCc1ccccc1)OCC=C. The summed E-state index contributed by atoms with van der Waals surface area (Å²) in [6, 6.07) is 7.97. The second kappa shape index (κ2) is 15.9. The molecule has 1 amide bonds. The first-order chi connectivity index (χ1) is 16.6. The van der Waals surface area contributed by atoms with Gasteiger partial charge in [-0.25, -0.2) is 14.7 Å². The van der Waals surface area contributed by atoms with Crippen LogP contribution in [0.1, 0.15) is 32.8 Å². The highest BCUT2D eigenvalue weighted by Gasteiger charge is 2.34. The van der Waals surface area contributed by atoms with Crippen molar-refractivity contribution in [3.05, 3.63) is 61.2 Å². The highest BCUT2D eigenvalue weighted by atomic mass is 31.2. The summed E-state index contributed by atoms with van der Waals surface area (Å²) in [5.41, 5.74) is 0.785. The molecule has 0 saturated carbocycles. The number of amides is 1. The predicted molar refractivity (Wildman–Crippen MR) is 131 cm³/mol. The van der Waals surface area contributed by atoms with Gasteiger partial charge in [-0.05, 0) is 24.8 Å². The maximum absolute atomic E-state index is 13.4. The van der Waals surface area contributed by atoms with Crippen molar-refractivity contribution in [3.63, 3.8) is 0 Å². The Bertz CT molecular complexity index is 891. The van der Waals surface area contributed by atoms with Crippen LogP contribution in [0, 0.1) is 5.92 Å². The summed E-state index contributed by atoms with van der Waals surface area (Å²) in [6.45, 7) is 12.0. The Morgan fingerprint density at radius 1 is 1.00 bits per heavy atom. The molecule has 0 aliphatic carbocycles. The third kappa shape index (κ3) is 12.4. The van der Waals surface area contributed by atoms with Gasteiger partial charge in [0.25, 0.3) is 7.52 Å². The van der Waals surface area contributed by atoms with E-state index < -0.39 is 44.0 Å². The van der Waals surface area contributed by atoms with E-state index in [2.05, 4.69) is 23.6 Å². The summed E-state index contributed by atoms with van der Waals surface area (Å²) in [6.07, 6.45) is 0.564. The molecule has 11 heteroatoms. The zero-order valence-corrected chi connectivity index (χ0v) is 21.3. The Morgan fingerprint density at radius 2 is 1.66 bits per heavy atom. The van der Waals surface area contributed by atoms with E-state index in [1.54, 1.807) is 12.1 Å². The van der Waals surface area contributed by atoms with Gasteiger partial charge in [0, 0.05) is 0 Å². The number of nitrogens with one attached hydrogen (secondary N) is 2.